The van der Waals surface area contributed by atoms with E-state index in [-0.39, 0.29) is 6.03 Å². The van der Waals surface area contributed by atoms with Gasteiger partial charge in [-0.15, -0.1) is 0 Å². The smallest absolute Gasteiger partial charge is 0.321 e. The van der Waals surface area contributed by atoms with Gasteiger partial charge in [0.2, 0.25) is 0 Å². The standard InChI is InChI=1S/C22H35N5O/c1-3-22(11-4-5-12-22)17-25-20(23-2)24-16-18-9-8-10-19(15-18)26-21(28)27-13-6-7-14-27/h8-10,15H,3-7,11-14,16-17H2,1-2H3,(H,26,28)(H2,23,24,25). The van der Waals surface area contributed by atoms with Crippen molar-refractivity contribution in [1.82, 2.24) is 15.5 Å². The minimum atomic E-state index is 0.00140. The summed E-state index contributed by atoms with van der Waals surface area (Å²) in [6.45, 7) is 5.66. The van der Waals surface area contributed by atoms with E-state index in [9.17, 15) is 4.79 Å². The zero-order valence-corrected chi connectivity index (χ0v) is 17.4. The van der Waals surface area contributed by atoms with E-state index >= 15 is 0 Å². The number of nitrogens with one attached hydrogen (secondary N) is 3. The lowest BCUT2D eigenvalue weighted by Crippen LogP contribution is -2.42. The van der Waals surface area contributed by atoms with Gasteiger partial charge in [-0.3, -0.25) is 4.99 Å². The normalized spacial score (nSPS) is 18.9. The molecule has 2 aliphatic rings. The summed E-state index contributed by atoms with van der Waals surface area (Å²) in [5, 5.41) is 9.94. The molecule has 1 saturated heterocycles. The number of urea groups is 1. The third-order valence-electron chi connectivity index (χ3n) is 6.30. The average Bonchev–Trinajstić information content (AvgIpc) is 3.41. The zero-order valence-electron chi connectivity index (χ0n) is 17.4. The van der Waals surface area contributed by atoms with Crippen LogP contribution >= 0.6 is 0 Å². The summed E-state index contributed by atoms with van der Waals surface area (Å²) in [5.41, 5.74) is 2.39. The van der Waals surface area contributed by atoms with Crippen LogP contribution in [0, 0.1) is 5.41 Å². The molecule has 28 heavy (non-hydrogen) atoms. The van der Waals surface area contributed by atoms with E-state index < -0.39 is 0 Å². The summed E-state index contributed by atoms with van der Waals surface area (Å²) < 4.78 is 0. The Bertz CT molecular complexity index is 675. The minimum Gasteiger partial charge on any atom is -0.356 e. The molecule has 6 heteroatoms. The van der Waals surface area contributed by atoms with Gasteiger partial charge in [-0.1, -0.05) is 31.9 Å². The van der Waals surface area contributed by atoms with Crippen LogP contribution in [0.3, 0.4) is 0 Å². The summed E-state index contributed by atoms with van der Waals surface area (Å²) in [6, 6.07) is 8.02. The number of benzene rings is 1. The molecule has 0 spiro atoms. The number of anilines is 1. The Morgan fingerprint density at radius 3 is 2.57 bits per heavy atom. The van der Waals surface area contributed by atoms with Gasteiger partial charge in [0.15, 0.2) is 5.96 Å². The fourth-order valence-electron chi connectivity index (χ4n) is 4.34. The minimum absolute atomic E-state index is 0.00140. The first-order valence-corrected chi connectivity index (χ1v) is 10.7. The molecule has 154 valence electrons. The van der Waals surface area contributed by atoms with Gasteiger partial charge < -0.3 is 20.9 Å². The van der Waals surface area contributed by atoms with Crippen molar-refractivity contribution >= 4 is 17.7 Å². The van der Waals surface area contributed by atoms with Gasteiger partial charge >= 0.3 is 6.03 Å². The van der Waals surface area contributed by atoms with Crippen LogP contribution in [0.5, 0.6) is 0 Å². The summed E-state index contributed by atoms with van der Waals surface area (Å²) in [4.78, 5) is 18.5. The highest BCUT2D eigenvalue weighted by molar-refractivity contribution is 5.89. The second-order valence-corrected chi connectivity index (χ2v) is 8.16. The maximum atomic E-state index is 12.3. The van der Waals surface area contributed by atoms with Crippen molar-refractivity contribution in [2.75, 3.05) is 32.0 Å². The third kappa shape index (κ3) is 5.40. The topological polar surface area (TPSA) is 68.8 Å². The Kier molecular flexibility index (Phi) is 7.18. The molecule has 1 heterocycles. The van der Waals surface area contributed by atoms with Crippen LogP contribution in [0.4, 0.5) is 10.5 Å². The zero-order chi connectivity index (χ0) is 19.8. The number of carbonyl (C=O) groups is 1. The van der Waals surface area contributed by atoms with Crippen molar-refractivity contribution in [2.24, 2.45) is 10.4 Å². The number of nitrogens with zero attached hydrogens (tertiary/aromatic N) is 2. The van der Waals surface area contributed by atoms with Crippen LogP contribution in [0.15, 0.2) is 29.3 Å². The van der Waals surface area contributed by atoms with E-state index in [1.807, 2.05) is 30.1 Å². The van der Waals surface area contributed by atoms with Crippen LogP contribution in [-0.2, 0) is 6.54 Å². The Labute approximate surface area is 169 Å². The Morgan fingerprint density at radius 2 is 1.89 bits per heavy atom. The molecule has 0 atom stereocenters. The second kappa shape index (κ2) is 9.80. The molecule has 0 unspecified atom stereocenters. The molecular weight excluding hydrogens is 350 g/mol. The van der Waals surface area contributed by atoms with Crippen LogP contribution in [0.25, 0.3) is 0 Å². The number of hydrogen-bond donors (Lipinski definition) is 3. The van der Waals surface area contributed by atoms with Crippen LogP contribution in [0.1, 0.15) is 57.4 Å². The Morgan fingerprint density at radius 1 is 1.14 bits per heavy atom. The first-order valence-electron chi connectivity index (χ1n) is 10.7. The predicted octanol–water partition coefficient (Wildman–Crippen LogP) is 3.95. The predicted molar refractivity (Wildman–Crippen MR) is 116 cm³/mol. The largest absolute Gasteiger partial charge is 0.356 e. The van der Waals surface area contributed by atoms with E-state index in [4.69, 9.17) is 0 Å². The van der Waals surface area contributed by atoms with E-state index in [1.165, 1.54) is 32.1 Å². The summed E-state index contributed by atoms with van der Waals surface area (Å²) >= 11 is 0. The van der Waals surface area contributed by atoms with E-state index in [0.717, 1.165) is 49.7 Å². The first-order chi connectivity index (χ1) is 13.6. The molecule has 0 bridgehead atoms. The Hall–Kier alpha value is -2.24. The molecule has 2 fully saturated rings. The summed E-state index contributed by atoms with van der Waals surface area (Å²) in [7, 11) is 1.81. The average molecular weight is 386 g/mol. The van der Waals surface area contributed by atoms with Crippen molar-refractivity contribution in [3.05, 3.63) is 29.8 Å². The molecule has 1 aromatic rings. The number of aliphatic imine (C=N–C) groups is 1. The first kappa shape index (κ1) is 20.5. The molecule has 3 rings (SSSR count). The van der Waals surface area contributed by atoms with Gasteiger partial charge in [0.25, 0.3) is 0 Å². The van der Waals surface area contributed by atoms with Gasteiger partial charge in [0.05, 0.1) is 0 Å². The molecule has 1 aromatic carbocycles. The van der Waals surface area contributed by atoms with Gasteiger partial charge in [-0.25, -0.2) is 4.79 Å². The third-order valence-corrected chi connectivity index (χ3v) is 6.30. The second-order valence-electron chi connectivity index (χ2n) is 8.16. The van der Waals surface area contributed by atoms with Crippen molar-refractivity contribution in [2.45, 2.75) is 58.4 Å². The highest BCUT2D eigenvalue weighted by atomic mass is 16.2. The number of carbonyl (C=O) groups excluding carboxylic acids is 1. The van der Waals surface area contributed by atoms with E-state index in [0.29, 0.717) is 12.0 Å². The SMILES string of the molecule is CCC1(CNC(=NC)NCc2cccc(NC(=O)N3CCCC3)c2)CCCC1. The van der Waals surface area contributed by atoms with Crippen LogP contribution in [-0.4, -0.2) is 43.6 Å². The molecule has 0 aromatic heterocycles. The van der Waals surface area contributed by atoms with Crippen molar-refractivity contribution in [3.8, 4) is 0 Å². The number of rotatable bonds is 6. The fourth-order valence-corrected chi connectivity index (χ4v) is 4.34. The van der Waals surface area contributed by atoms with Crippen LogP contribution in [0.2, 0.25) is 0 Å². The maximum absolute atomic E-state index is 12.3. The molecule has 1 aliphatic carbocycles. The molecule has 3 N–H and O–H groups in total. The van der Waals surface area contributed by atoms with Gasteiger partial charge in [-0.2, -0.15) is 0 Å². The fraction of sp³-hybridized carbons (Fsp3) is 0.636. The molecule has 6 nitrogen and oxygen atoms in total. The number of likely N-dealkylation sites (tertiary alicyclic amines) is 1. The molecule has 1 aliphatic heterocycles. The van der Waals surface area contributed by atoms with Gasteiger partial charge in [-0.05, 0) is 55.2 Å². The Balaban J connectivity index is 1.49. The highest BCUT2D eigenvalue weighted by Gasteiger charge is 2.31. The molecule has 1 saturated carbocycles. The van der Waals surface area contributed by atoms with E-state index in [1.54, 1.807) is 0 Å². The number of guanidine groups is 1. The number of amides is 2. The summed E-state index contributed by atoms with van der Waals surface area (Å²) in [5.74, 6) is 0.839. The molecule has 0 radical (unpaired) electrons. The van der Waals surface area contributed by atoms with Crippen molar-refractivity contribution in [1.29, 1.82) is 0 Å². The molecule has 2 amide bonds. The maximum Gasteiger partial charge on any atom is 0.321 e. The van der Waals surface area contributed by atoms with Gasteiger partial charge in [0, 0.05) is 38.9 Å². The quantitative estimate of drug-likeness (QED) is 0.513. The van der Waals surface area contributed by atoms with Gasteiger partial charge in [0.1, 0.15) is 0 Å². The lowest BCUT2D eigenvalue weighted by molar-refractivity contribution is 0.222. The van der Waals surface area contributed by atoms with Crippen LogP contribution < -0.4 is 16.0 Å². The summed E-state index contributed by atoms with van der Waals surface area (Å²) in [6.07, 6.45) is 8.73. The van der Waals surface area contributed by atoms with E-state index in [2.05, 4.69) is 33.9 Å². The molecular formula is C22H35N5O. The highest BCUT2D eigenvalue weighted by Crippen LogP contribution is 2.40. The van der Waals surface area contributed by atoms with Crippen molar-refractivity contribution < 1.29 is 4.79 Å². The van der Waals surface area contributed by atoms with Crippen molar-refractivity contribution in [3.63, 3.8) is 0 Å². The monoisotopic (exact) mass is 385 g/mol. The lowest BCUT2D eigenvalue weighted by Gasteiger charge is -2.28. The lowest BCUT2D eigenvalue weighted by atomic mass is 9.83. The number of hydrogen-bond acceptors (Lipinski definition) is 2.